The lowest BCUT2D eigenvalue weighted by atomic mass is 10.1. The molecule has 5 nitrogen and oxygen atoms in total. The molecule has 1 aromatic rings. The molecule has 8 heteroatoms. The first kappa shape index (κ1) is 18.0. The highest BCUT2D eigenvalue weighted by molar-refractivity contribution is 5.95. The summed E-state index contributed by atoms with van der Waals surface area (Å²) in [5.74, 6) is -1.15. The fourth-order valence-corrected chi connectivity index (χ4v) is 1.51. The van der Waals surface area contributed by atoms with Crippen LogP contribution < -0.4 is 10.9 Å². The van der Waals surface area contributed by atoms with Gasteiger partial charge in [-0.25, -0.2) is 0 Å². The van der Waals surface area contributed by atoms with Gasteiger partial charge in [0.2, 0.25) is 5.91 Å². The summed E-state index contributed by atoms with van der Waals surface area (Å²) in [4.78, 5) is 23.0. The number of carbonyl (C=O) groups is 2. The molecule has 0 aliphatic heterocycles. The highest BCUT2D eigenvalue weighted by atomic mass is 19.4. The van der Waals surface area contributed by atoms with Gasteiger partial charge in [-0.3, -0.25) is 20.4 Å². The van der Waals surface area contributed by atoms with Crippen molar-refractivity contribution in [1.29, 1.82) is 0 Å². The van der Waals surface area contributed by atoms with E-state index in [2.05, 4.69) is 15.6 Å². The number of rotatable bonds is 6. The Bertz CT molecular complexity index is 501. The lowest BCUT2D eigenvalue weighted by Crippen LogP contribution is -2.42. The molecule has 0 radical (unpaired) electrons. The second-order valence-electron chi connectivity index (χ2n) is 4.47. The van der Waals surface area contributed by atoms with Gasteiger partial charge in [0.1, 0.15) is 6.61 Å². The number of alkyl halides is 3. The van der Waals surface area contributed by atoms with Crippen LogP contribution in [0.2, 0.25) is 0 Å². The summed E-state index contributed by atoms with van der Waals surface area (Å²) >= 11 is 0. The zero-order valence-corrected chi connectivity index (χ0v) is 12.0. The van der Waals surface area contributed by atoms with Gasteiger partial charge in [-0.1, -0.05) is 19.1 Å². The molecule has 0 fully saturated rings. The number of hydrazine groups is 1. The molecule has 0 bridgehead atoms. The van der Waals surface area contributed by atoms with E-state index >= 15 is 0 Å². The van der Waals surface area contributed by atoms with E-state index < -0.39 is 24.6 Å². The average molecular weight is 318 g/mol. The molecule has 0 spiro atoms. The zero-order chi connectivity index (χ0) is 16.6. The van der Waals surface area contributed by atoms with Crippen LogP contribution in [-0.4, -0.2) is 31.2 Å². The highest BCUT2D eigenvalue weighted by Crippen LogP contribution is 2.14. The predicted molar refractivity (Wildman–Crippen MR) is 72.9 cm³/mol. The molecule has 0 saturated carbocycles. The standard InChI is InChI=1S/C14H17F3N2O3/c1-2-10-3-5-11(6-4-10)13(21)19-18-12(20)7-8-22-9-14(15,16)17/h3-6H,2,7-9H2,1H3,(H,18,20)(H,19,21). The Morgan fingerprint density at radius 1 is 1.14 bits per heavy atom. The molecule has 0 atom stereocenters. The van der Waals surface area contributed by atoms with Crippen LogP contribution in [0.25, 0.3) is 0 Å². The van der Waals surface area contributed by atoms with Crippen molar-refractivity contribution in [1.82, 2.24) is 10.9 Å². The van der Waals surface area contributed by atoms with E-state index in [-0.39, 0.29) is 13.0 Å². The average Bonchev–Trinajstić information content (AvgIpc) is 2.48. The van der Waals surface area contributed by atoms with Gasteiger partial charge in [0.05, 0.1) is 13.0 Å². The summed E-state index contributed by atoms with van der Waals surface area (Å²) in [6.07, 6.45) is -3.86. The van der Waals surface area contributed by atoms with Gasteiger partial charge in [0.15, 0.2) is 0 Å². The summed E-state index contributed by atoms with van der Waals surface area (Å²) in [6, 6.07) is 6.82. The van der Waals surface area contributed by atoms with Crippen LogP contribution in [0.15, 0.2) is 24.3 Å². The molecule has 0 saturated heterocycles. The van der Waals surface area contributed by atoms with Crippen LogP contribution in [0.5, 0.6) is 0 Å². The van der Waals surface area contributed by atoms with Crippen molar-refractivity contribution in [3.8, 4) is 0 Å². The molecule has 0 heterocycles. The Kier molecular flexibility index (Phi) is 6.84. The third-order valence-electron chi connectivity index (χ3n) is 2.68. The minimum atomic E-state index is -4.42. The molecule has 22 heavy (non-hydrogen) atoms. The van der Waals surface area contributed by atoms with Crippen LogP contribution in [-0.2, 0) is 16.0 Å². The smallest absolute Gasteiger partial charge is 0.372 e. The van der Waals surface area contributed by atoms with Crippen LogP contribution >= 0.6 is 0 Å². The van der Waals surface area contributed by atoms with Crippen LogP contribution in [0.1, 0.15) is 29.3 Å². The Morgan fingerprint density at radius 2 is 1.77 bits per heavy atom. The van der Waals surface area contributed by atoms with E-state index in [9.17, 15) is 22.8 Å². The lowest BCUT2D eigenvalue weighted by Gasteiger charge is -2.09. The number of halogens is 3. The molecule has 1 rings (SSSR count). The van der Waals surface area contributed by atoms with Gasteiger partial charge < -0.3 is 4.74 Å². The van der Waals surface area contributed by atoms with Crippen LogP contribution in [0, 0.1) is 0 Å². The number of benzene rings is 1. The molecule has 2 N–H and O–H groups in total. The highest BCUT2D eigenvalue weighted by Gasteiger charge is 2.27. The van der Waals surface area contributed by atoms with Gasteiger partial charge in [0, 0.05) is 5.56 Å². The molecule has 0 unspecified atom stereocenters. The van der Waals surface area contributed by atoms with E-state index in [1.165, 1.54) is 0 Å². The normalized spacial score (nSPS) is 11.1. The summed E-state index contributed by atoms with van der Waals surface area (Å²) in [5.41, 5.74) is 5.72. The van der Waals surface area contributed by atoms with Crippen molar-refractivity contribution in [2.45, 2.75) is 25.9 Å². The molecule has 0 aliphatic rings. The molecular weight excluding hydrogens is 301 g/mol. The first-order valence-electron chi connectivity index (χ1n) is 6.64. The minimum Gasteiger partial charge on any atom is -0.372 e. The lowest BCUT2D eigenvalue weighted by molar-refractivity contribution is -0.174. The molecule has 2 amide bonds. The molecule has 0 aliphatic carbocycles. The van der Waals surface area contributed by atoms with E-state index in [4.69, 9.17) is 0 Å². The Balaban J connectivity index is 2.26. The fourth-order valence-electron chi connectivity index (χ4n) is 1.51. The van der Waals surface area contributed by atoms with Gasteiger partial charge in [-0.15, -0.1) is 0 Å². The van der Waals surface area contributed by atoms with Crippen molar-refractivity contribution < 1.29 is 27.5 Å². The topological polar surface area (TPSA) is 67.4 Å². The van der Waals surface area contributed by atoms with Gasteiger partial charge >= 0.3 is 6.18 Å². The Labute approximate surface area is 125 Å². The maximum absolute atomic E-state index is 11.8. The summed E-state index contributed by atoms with van der Waals surface area (Å²) in [5, 5.41) is 0. The largest absolute Gasteiger partial charge is 0.411 e. The Hall–Kier alpha value is -2.09. The van der Waals surface area contributed by atoms with E-state index in [0.717, 1.165) is 12.0 Å². The Morgan fingerprint density at radius 3 is 2.32 bits per heavy atom. The number of hydrogen-bond donors (Lipinski definition) is 2. The van der Waals surface area contributed by atoms with Gasteiger partial charge in [-0.2, -0.15) is 13.2 Å². The molecular formula is C14H17F3N2O3. The summed E-state index contributed by atoms with van der Waals surface area (Å²) in [7, 11) is 0. The van der Waals surface area contributed by atoms with Crippen LogP contribution in [0.4, 0.5) is 13.2 Å². The molecule has 122 valence electrons. The van der Waals surface area contributed by atoms with Gasteiger partial charge in [-0.05, 0) is 24.1 Å². The number of hydrogen-bond acceptors (Lipinski definition) is 3. The number of aryl methyl sites for hydroxylation is 1. The van der Waals surface area contributed by atoms with Crippen molar-refractivity contribution in [2.75, 3.05) is 13.2 Å². The first-order chi connectivity index (χ1) is 10.3. The zero-order valence-electron chi connectivity index (χ0n) is 12.0. The van der Waals surface area contributed by atoms with E-state index in [1.807, 2.05) is 6.92 Å². The SMILES string of the molecule is CCc1ccc(C(=O)NNC(=O)CCOCC(F)(F)F)cc1. The van der Waals surface area contributed by atoms with E-state index in [1.54, 1.807) is 24.3 Å². The van der Waals surface area contributed by atoms with Crippen molar-refractivity contribution >= 4 is 11.8 Å². The quantitative estimate of drug-likeness (QED) is 0.622. The molecule has 0 aromatic heterocycles. The first-order valence-corrected chi connectivity index (χ1v) is 6.64. The summed E-state index contributed by atoms with van der Waals surface area (Å²) < 4.78 is 39.7. The second-order valence-corrected chi connectivity index (χ2v) is 4.47. The third kappa shape index (κ3) is 7.07. The van der Waals surface area contributed by atoms with Gasteiger partial charge in [0.25, 0.3) is 5.91 Å². The number of amides is 2. The number of ether oxygens (including phenoxy) is 1. The van der Waals surface area contributed by atoms with E-state index in [0.29, 0.717) is 5.56 Å². The van der Waals surface area contributed by atoms with Crippen molar-refractivity contribution in [3.05, 3.63) is 35.4 Å². The fraction of sp³-hybridized carbons (Fsp3) is 0.429. The van der Waals surface area contributed by atoms with Crippen molar-refractivity contribution in [3.63, 3.8) is 0 Å². The van der Waals surface area contributed by atoms with Crippen molar-refractivity contribution in [2.24, 2.45) is 0 Å². The predicted octanol–water partition coefficient (Wildman–Crippen LogP) is 1.98. The molecule has 1 aromatic carbocycles. The third-order valence-corrected chi connectivity index (χ3v) is 2.68. The number of nitrogens with one attached hydrogen (secondary N) is 2. The maximum atomic E-state index is 11.8. The maximum Gasteiger partial charge on any atom is 0.411 e. The summed E-state index contributed by atoms with van der Waals surface area (Å²) in [6.45, 7) is 0.193. The number of carbonyl (C=O) groups excluding carboxylic acids is 2. The minimum absolute atomic E-state index is 0.287. The second kappa shape index (κ2) is 8.38. The monoisotopic (exact) mass is 318 g/mol. The van der Waals surface area contributed by atoms with Crippen LogP contribution in [0.3, 0.4) is 0 Å².